The Morgan fingerprint density at radius 3 is 2.38 bits per heavy atom. The standard InChI is InChI=1S/C13H25NO2/c1-11(2)10-13(6-4-5-7-13)12(16)14(3)8-9-15/h11,15H,4-10H2,1-3H3. The number of carbonyl (C=O) groups excluding carboxylic acids is 1. The number of aliphatic hydroxyl groups excluding tert-OH is 1. The molecule has 0 aromatic carbocycles. The van der Waals surface area contributed by atoms with Gasteiger partial charge in [0.2, 0.25) is 5.91 Å². The van der Waals surface area contributed by atoms with E-state index in [9.17, 15) is 4.79 Å². The van der Waals surface area contributed by atoms with Crippen LogP contribution in [-0.2, 0) is 4.79 Å². The minimum absolute atomic E-state index is 0.0556. The topological polar surface area (TPSA) is 40.5 Å². The van der Waals surface area contributed by atoms with Crippen molar-refractivity contribution in [1.29, 1.82) is 0 Å². The third-order valence-corrected chi connectivity index (χ3v) is 3.60. The average molecular weight is 227 g/mol. The van der Waals surface area contributed by atoms with E-state index in [1.165, 1.54) is 12.8 Å². The van der Waals surface area contributed by atoms with Gasteiger partial charge in [-0.3, -0.25) is 4.79 Å². The molecule has 1 N–H and O–H groups in total. The van der Waals surface area contributed by atoms with Crippen molar-refractivity contribution in [3.8, 4) is 0 Å². The Kier molecular flexibility index (Phi) is 4.78. The Hall–Kier alpha value is -0.570. The highest BCUT2D eigenvalue weighted by Crippen LogP contribution is 2.44. The van der Waals surface area contributed by atoms with Gasteiger partial charge in [-0.05, 0) is 25.2 Å². The smallest absolute Gasteiger partial charge is 0.228 e. The monoisotopic (exact) mass is 227 g/mol. The lowest BCUT2D eigenvalue weighted by Gasteiger charge is -2.33. The van der Waals surface area contributed by atoms with Crippen LogP contribution in [0.2, 0.25) is 0 Å². The maximum atomic E-state index is 12.4. The van der Waals surface area contributed by atoms with Crippen LogP contribution in [0.4, 0.5) is 0 Å². The Bertz CT molecular complexity index is 232. The number of amides is 1. The molecule has 1 fully saturated rings. The van der Waals surface area contributed by atoms with E-state index in [2.05, 4.69) is 13.8 Å². The van der Waals surface area contributed by atoms with Crippen molar-refractivity contribution in [2.45, 2.75) is 46.0 Å². The van der Waals surface area contributed by atoms with Gasteiger partial charge in [0, 0.05) is 19.0 Å². The minimum Gasteiger partial charge on any atom is -0.395 e. The van der Waals surface area contributed by atoms with Gasteiger partial charge in [0.25, 0.3) is 0 Å². The second-order valence-electron chi connectivity index (χ2n) is 5.54. The first kappa shape index (κ1) is 13.5. The van der Waals surface area contributed by atoms with Gasteiger partial charge in [0.05, 0.1) is 6.61 Å². The van der Waals surface area contributed by atoms with Crippen molar-refractivity contribution in [1.82, 2.24) is 4.90 Å². The van der Waals surface area contributed by atoms with Crippen LogP contribution >= 0.6 is 0 Å². The first-order chi connectivity index (χ1) is 7.52. The highest BCUT2D eigenvalue weighted by atomic mass is 16.3. The predicted molar refractivity (Wildman–Crippen MR) is 65.1 cm³/mol. The average Bonchev–Trinajstić information content (AvgIpc) is 2.65. The van der Waals surface area contributed by atoms with Crippen LogP contribution in [-0.4, -0.2) is 36.1 Å². The van der Waals surface area contributed by atoms with Crippen LogP contribution in [0.3, 0.4) is 0 Å². The third kappa shape index (κ3) is 2.97. The molecular weight excluding hydrogens is 202 g/mol. The van der Waals surface area contributed by atoms with Gasteiger partial charge in [-0.2, -0.15) is 0 Å². The fourth-order valence-corrected chi connectivity index (χ4v) is 2.99. The van der Waals surface area contributed by atoms with Crippen LogP contribution in [0.5, 0.6) is 0 Å². The molecule has 0 saturated heterocycles. The normalized spacial score (nSPS) is 19.1. The Balaban J connectivity index is 2.72. The number of hydrogen-bond donors (Lipinski definition) is 1. The van der Waals surface area contributed by atoms with Crippen molar-refractivity contribution in [3.63, 3.8) is 0 Å². The molecule has 1 aliphatic carbocycles. The van der Waals surface area contributed by atoms with Gasteiger partial charge in [-0.25, -0.2) is 0 Å². The van der Waals surface area contributed by atoms with Gasteiger partial charge < -0.3 is 10.0 Å². The molecule has 1 rings (SSSR count). The summed E-state index contributed by atoms with van der Waals surface area (Å²) < 4.78 is 0. The van der Waals surface area contributed by atoms with E-state index in [1.54, 1.807) is 11.9 Å². The summed E-state index contributed by atoms with van der Waals surface area (Å²) in [5, 5.41) is 8.90. The van der Waals surface area contributed by atoms with Crippen molar-refractivity contribution in [3.05, 3.63) is 0 Å². The van der Waals surface area contributed by atoms with Crippen molar-refractivity contribution in [2.24, 2.45) is 11.3 Å². The van der Waals surface area contributed by atoms with E-state index < -0.39 is 0 Å². The van der Waals surface area contributed by atoms with E-state index in [4.69, 9.17) is 5.11 Å². The van der Waals surface area contributed by atoms with E-state index in [0.717, 1.165) is 19.3 Å². The fraction of sp³-hybridized carbons (Fsp3) is 0.923. The number of nitrogens with zero attached hydrogens (tertiary/aromatic N) is 1. The molecule has 0 aromatic heterocycles. The molecule has 0 aromatic rings. The molecule has 16 heavy (non-hydrogen) atoms. The van der Waals surface area contributed by atoms with Crippen LogP contribution in [0.25, 0.3) is 0 Å². The summed E-state index contributed by atoms with van der Waals surface area (Å²) in [5.41, 5.74) is -0.127. The second kappa shape index (κ2) is 5.67. The van der Waals surface area contributed by atoms with E-state index in [1.807, 2.05) is 0 Å². The predicted octanol–water partition coefficient (Wildman–Crippen LogP) is 2.04. The molecule has 0 spiro atoms. The van der Waals surface area contributed by atoms with Crippen molar-refractivity contribution < 1.29 is 9.90 Å². The molecule has 0 unspecified atom stereocenters. The van der Waals surface area contributed by atoms with E-state index in [0.29, 0.717) is 12.5 Å². The SMILES string of the molecule is CC(C)CC1(C(=O)N(C)CCO)CCCC1. The van der Waals surface area contributed by atoms with Crippen molar-refractivity contribution in [2.75, 3.05) is 20.2 Å². The molecule has 94 valence electrons. The number of carbonyl (C=O) groups is 1. The minimum atomic E-state index is -0.127. The molecule has 1 saturated carbocycles. The number of aliphatic hydroxyl groups is 1. The largest absolute Gasteiger partial charge is 0.395 e. The maximum absolute atomic E-state index is 12.4. The molecule has 0 atom stereocenters. The van der Waals surface area contributed by atoms with Gasteiger partial charge in [-0.1, -0.05) is 26.7 Å². The summed E-state index contributed by atoms with van der Waals surface area (Å²) >= 11 is 0. The Labute approximate surface area is 98.8 Å². The van der Waals surface area contributed by atoms with Crippen LogP contribution in [0, 0.1) is 11.3 Å². The van der Waals surface area contributed by atoms with E-state index >= 15 is 0 Å². The number of rotatable bonds is 5. The van der Waals surface area contributed by atoms with Gasteiger partial charge in [0.15, 0.2) is 0 Å². The van der Waals surface area contributed by atoms with Gasteiger partial charge >= 0.3 is 0 Å². The Morgan fingerprint density at radius 2 is 1.94 bits per heavy atom. The summed E-state index contributed by atoms with van der Waals surface area (Å²) in [4.78, 5) is 14.1. The number of hydrogen-bond acceptors (Lipinski definition) is 2. The zero-order valence-corrected chi connectivity index (χ0v) is 10.8. The molecule has 0 bridgehead atoms. The molecule has 1 amide bonds. The zero-order chi connectivity index (χ0) is 12.2. The van der Waals surface area contributed by atoms with Gasteiger partial charge in [-0.15, -0.1) is 0 Å². The summed E-state index contributed by atoms with van der Waals surface area (Å²) in [7, 11) is 1.80. The number of likely N-dealkylation sites (N-methyl/N-ethyl adjacent to an activating group) is 1. The lowest BCUT2D eigenvalue weighted by atomic mass is 9.77. The van der Waals surface area contributed by atoms with Crippen LogP contribution < -0.4 is 0 Å². The zero-order valence-electron chi connectivity index (χ0n) is 10.8. The summed E-state index contributed by atoms with van der Waals surface area (Å²) in [6.07, 6.45) is 5.39. The molecule has 0 heterocycles. The Morgan fingerprint density at radius 1 is 1.38 bits per heavy atom. The molecule has 3 nitrogen and oxygen atoms in total. The van der Waals surface area contributed by atoms with Crippen LogP contribution in [0.1, 0.15) is 46.0 Å². The summed E-state index contributed by atoms with van der Waals surface area (Å²) in [6, 6.07) is 0. The highest BCUT2D eigenvalue weighted by Gasteiger charge is 2.42. The third-order valence-electron chi connectivity index (χ3n) is 3.60. The first-order valence-corrected chi connectivity index (χ1v) is 6.38. The molecule has 1 aliphatic rings. The quantitative estimate of drug-likeness (QED) is 0.781. The maximum Gasteiger partial charge on any atom is 0.228 e. The molecular formula is C13H25NO2. The molecule has 0 aliphatic heterocycles. The lowest BCUT2D eigenvalue weighted by Crippen LogP contribution is -2.42. The fourth-order valence-electron chi connectivity index (χ4n) is 2.99. The lowest BCUT2D eigenvalue weighted by molar-refractivity contribution is -0.142. The highest BCUT2D eigenvalue weighted by molar-refractivity contribution is 5.82. The van der Waals surface area contributed by atoms with E-state index in [-0.39, 0.29) is 17.9 Å². The second-order valence-corrected chi connectivity index (χ2v) is 5.54. The summed E-state index contributed by atoms with van der Waals surface area (Å²) in [5.74, 6) is 0.803. The first-order valence-electron chi connectivity index (χ1n) is 6.38. The summed E-state index contributed by atoms with van der Waals surface area (Å²) in [6.45, 7) is 4.87. The molecule has 3 heteroatoms. The van der Waals surface area contributed by atoms with Gasteiger partial charge in [0.1, 0.15) is 0 Å². The van der Waals surface area contributed by atoms with Crippen LogP contribution in [0.15, 0.2) is 0 Å². The molecule has 0 radical (unpaired) electrons. The van der Waals surface area contributed by atoms with Crippen molar-refractivity contribution >= 4 is 5.91 Å².